The van der Waals surface area contributed by atoms with Gasteiger partial charge in [0.1, 0.15) is 5.75 Å². The molecule has 2 rings (SSSR count). The van der Waals surface area contributed by atoms with Gasteiger partial charge in [0.05, 0.1) is 0 Å². The van der Waals surface area contributed by atoms with Crippen molar-refractivity contribution in [2.75, 3.05) is 6.54 Å². The van der Waals surface area contributed by atoms with Crippen molar-refractivity contribution in [3.8, 4) is 5.75 Å². The van der Waals surface area contributed by atoms with Gasteiger partial charge in [-0.25, -0.2) is 0 Å². The molecule has 0 bridgehead atoms. The molecule has 1 atom stereocenters. The molecule has 3 heteroatoms. The van der Waals surface area contributed by atoms with Crippen LogP contribution in [-0.4, -0.2) is 11.7 Å². The van der Waals surface area contributed by atoms with E-state index in [2.05, 4.69) is 5.32 Å². The molecule has 1 saturated heterocycles. The number of phenols is 1. The molecule has 1 aromatic rings. The number of benzene rings is 1. The van der Waals surface area contributed by atoms with Crippen molar-refractivity contribution in [3.63, 3.8) is 0 Å². The van der Waals surface area contributed by atoms with Crippen LogP contribution in [0.4, 0.5) is 0 Å². The Kier molecular flexibility index (Phi) is 3.17. The molecular weight excluding hydrogens is 210 g/mol. The molecule has 1 aromatic carbocycles. The highest BCUT2D eigenvalue weighted by atomic mass is 35.5. The van der Waals surface area contributed by atoms with E-state index in [1.165, 1.54) is 12.8 Å². The van der Waals surface area contributed by atoms with E-state index in [1.807, 2.05) is 13.0 Å². The smallest absolute Gasteiger partial charge is 0.122 e. The van der Waals surface area contributed by atoms with Crippen molar-refractivity contribution in [1.82, 2.24) is 5.32 Å². The second kappa shape index (κ2) is 4.42. The molecule has 0 radical (unpaired) electrons. The summed E-state index contributed by atoms with van der Waals surface area (Å²) < 4.78 is 0. The summed E-state index contributed by atoms with van der Waals surface area (Å²) in [4.78, 5) is 0. The third-order valence-corrected chi connectivity index (χ3v) is 3.22. The first kappa shape index (κ1) is 10.8. The Hall–Kier alpha value is -0.730. The molecule has 1 aliphatic heterocycles. The predicted octanol–water partition coefficient (Wildman–Crippen LogP) is 3.17. The van der Waals surface area contributed by atoms with Gasteiger partial charge in [-0.1, -0.05) is 18.0 Å². The van der Waals surface area contributed by atoms with Crippen LogP contribution < -0.4 is 5.32 Å². The number of phenolic OH excluding ortho intramolecular Hbond substituents is 1. The van der Waals surface area contributed by atoms with Crippen molar-refractivity contribution in [2.24, 2.45) is 0 Å². The van der Waals surface area contributed by atoms with E-state index >= 15 is 0 Å². The van der Waals surface area contributed by atoms with Gasteiger partial charge < -0.3 is 10.4 Å². The minimum Gasteiger partial charge on any atom is -0.508 e. The predicted molar refractivity (Wildman–Crippen MR) is 62.4 cm³/mol. The molecule has 82 valence electrons. The quantitative estimate of drug-likeness (QED) is 0.770. The van der Waals surface area contributed by atoms with Crippen LogP contribution in [-0.2, 0) is 0 Å². The zero-order chi connectivity index (χ0) is 10.8. The van der Waals surface area contributed by atoms with Crippen molar-refractivity contribution in [3.05, 3.63) is 28.3 Å². The maximum absolute atomic E-state index is 9.90. The minimum atomic E-state index is 0.215. The summed E-state index contributed by atoms with van der Waals surface area (Å²) in [5, 5.41) is 14.0. The summed E-state index contributed by atoms with van der Waals surface area (Å²) in [6.45, 7) is 2.94. The Morgan fingerprint density at radius 3 is 2.80 bits per heavy atom. The first-order chi connectivity index (χ1) is 7.18. The van der Waals surface area contributed by atoms with Crippen LogP contribution in [0.25, 0.3) is 0 Å². The van der Waals surface area contributed by atoms with Crippen LogP contribution in [0.3, 0.4) is 0 Å². The molecular formula is C12H16ClNO. The second-order valence-corrected chi connectivity index (χ2v) is 4.59. The maximum Gasteiger partial charge on any atom is 0.122 e. The normalized spacial score (nSPS) is 21.6. The summed E-state index contributed by atoms with van der Waals surface area (Å²) >= 11 is 6.17. The van der Waals surface area contributed by atoms with Gasteiger partial charge in [-0.3, -0.25) is 0 Å². The first-order valence-electron chi connectivity index (χ1n) is 5.41. The van der Waals surface area contributed by atoms with E-state index in [4.69, 9.17) is 11.6 Å². The average molecular weight is 226 g/mol. The van der Waals surface area contributed by atoms with E-state index in [-0.39, 0.29) is 6.04 Å². The molecule has 1 unspecified atom stereocenters. The van der Waals surface area contributed by atoms with Crippen molar-refractivity contribution in [2.45, 2.75) is 32.2 Å². The zero-order valence-corrected chi connectivity index (χ0v) is 9.64. The molecule has 1 heterocycles. The molecule has 0 aromatic heterocycles. The molecule has 0 amide bonds. The number of hydrogen-bond donors (Lipinski definition) is 2. The highest BCUT2D eigenvalue weighted by Gasteiger charge is 2.20. The summed E-state index contributed by atoms with van der Waals surface area (Å²) in [6, 6.07) is 3.90. The SMILES string of the molecule is Cc1cc(O)c(C2CCCCN2)c(Cl)c1. The van der Waals surface area contributed by atoms with Gasteiger partial charge in [0, 0.05) is 16.6 Å². The number of halogens is 1. The highest BCUT2D eigenvalue weighted by Crippen LogP contribution is 2.36. The lowest BCUT2D eigenvalue weighted by atomic mass is 9.96. The summed E-state index contributed by atoms with van der Waals surface area (Å²) in [6.07, 6.45) is 3.46. The Labute approximate surface area is 95.3 Å². The lowest BCUT2D eigenvalue weighted by Crippen LogP contribution is -2.27. The lowest BCUT2D eigenvalue weighted by Gasteiger charge is -2.25. The summed E-state index contributed by atoms with van der Waals surface area (Å²) in [5.41, 5.74) is 1.86. The molecule has 15 heavy (non-hydrogen) atoms. The Morgan fingerprint density at radius 2 is 2.20 bits per heavy atom. The van der Waals surface area contributed by atoms with Crippen LogP contribution in [0.15, 0.2) is 12.1 Å². The van der Waals surface area contributed by atoms with Gasteiger partial charge in [0.15, 0.2) is 0 Å². The number of rotatable bonds is 1. The van der Waals surface area contributed by atoms with Gasteiger partial charge in [0.2, 0.25) is 0 Å². The van der Waals surface area contributed by atoms with Gasteiger partial charge in [0.25, 0.3) is 0 Å². The van der Waals surface area contributed by atoms with Gasteiger partial charge in [-0.15, -0.1) is 0 Å². The monoisotopic (exact) mass is 225 g/mol. The number of nitrogens with one attached hydrogen (secondary N) is 1. The fourth-order valence-corrected chi connectivity index (χ4v) is 2.58. The molecule has 0 aliphatic carbocycles. The second-order valence-electron chi connectivity index (χ2n) is 4.18. The number of aryl methyl sites for hydroxylation is 1. The minimum absolute atomic E-state index is 0.215. The third-order valence-electron chi connectivity index (χ3n) is 2.91. The lowest BCUT2D eigenvalue weighted by molar-refractivity contribution is 0.391. The van der Waals surface area contributed by atoms with Crippen molar-refractivity contribution >= 4 is 11.6 Å². The van der Waals surface area contributed by atoms with Crippen LogP contribution >= 0.6 is 11.6 Å². The van der Waals surface area contributed by atoms with E-state index in [1.54, 1.807) is 6.07 Å². The molecule has 2 N–H and O–H groups in total. The molecule has 1 aliphatic rings. The Morgan fingerprint density at radius 1 is 1.40 bits per heavy atom. The number of piperidine rings is 1. The van der Waals surface area contributed by atoms with Crippen LogP contribution in [0.5, 0.6) is 5.75 Å². The Balaban J connectivity index is 2.33. The largest absolute Gasteiger partial charge is 0.508 e. The molecule has 1 fully saturated rings. The zero-order valence-electron chi connectivity index (χ0n) is 8.89. The fourth-order valence-electron chi connectivity index (χ4n) is 2.18. The van der Waals surface area contributed by atoms with E-state index in [9.17, 15) is 5.11 Å². The number of hydrogen-bond acceptors (Lipinski definition) is 2. The van der Waals surface area contributed by atoms with Gasteiger partial charge in [-0.2, -0.15) is 0 Å². The fraction of sp³-hybridized carbons (Fsp3) is 0.500. The average Bonchev–Trinajstić information content (AvgIpc) is 2.17. The van der Waals surface area contributed by atoms with E-state index in [0.717, 1.165) is 24.1 Å². The summed E-state index contributed by atoms with van der Waals surface area (Å²) in [5.74, 6) is 0.319. The van der Waals surface area contributed by atoms with Crippen LogP contribution in [0.1, 0.15) is 36.4 Å². The molecule has 0 saturated carbocycles. The van der Waals surface area contributed by atoms with Gasteiger partial charge >= 0.3 is 0 Å². The first-order valence-corrected chi connectivity index (χ1v) is 5.78. The van der Waals surface area contributed by atoms with Crippen molar-refractivity contribution < 1.29 is 5.11 Å². The van der Waals surface area contributed by atoms with Crippen LogP contribution in [0.2, 0.25) is 5.02 Å². The van der Waals surface area contributed by atoms with E-state index in [0.29, 0.717) is 10.8 Å². The maximum atomic E-state index is 9.90. The van der Waals surface area contributed by atoms with Gasteiger partial charge in [-0.05, 0) is 44.0 Å². The van der Waals surface area contributed by atoms with Crippen LogP contribution in [0, 0.1) is 6.92 Å². The summed E-state index contributed by atoms with van der Waals surface area (Å²) in [7, 11) is 0. The third kappa shape index (κ3) is 2.27. The molecule has 0 spiro atoms. The standard InChI is InChI=1S/C12H16ClNO/c1-8-6-9(13)12(11(15)7-8)10-4-2-3-5-14-10/h6-7,10,14-15H,2-5H2,1H3. The van der Waals surface area contributed by atoms with E-state index < -0.39 is 0 Å². The topological polar surface area (TPSA) is 32.3 Å². The highest BCUT2D eigenvalue weighted by molar-refractivity contribution is 6.31. The molecule has 2 nitrogen and oxygen atoms in total. The Bertz CT molecular complexity index is 336. The number of aromatic hydroxyl groups is 1. The van der Waals surface area contributed by atoms with Crippen molar-refractivity contribution in [1.29, 1.82) is 0 Å².